The highest BCUT2D eigenvalue weighted by Crippen LogP contribution is 2.34. The van der Waals surface area contributed by atoms with Crippen LogP contribution in [-0.4, -0.2) is 0 Å². The number of rotatable bonds is 12. The van der Waals surface area contributed by atoms with Crippen molar-refractivity contribution < 1.29 is 0 Å². The van der Waals surface area contributed by atoms with Crippen LogP contribution >= 0.6 is 46.6 Å². The van der Waals surface area contributed by atoms with Gasteiger partial charge in [-0.05, 0) is 68.5 Å². The van der Waals surface area contributed by atoms with Crippen LogP contribution in [0.15, 0.2) is 36.4 Å². The van der Waals surface area contributed by atoms with Gasteiger partial charge >= 0.3 is 0 Å². The molecular formula is C23H30S4. The van der Waals surface area contributed by atoms with Crippen molar-refractivity contribution in [2.45, 2.75) is 70.5 Å². The molecule has 0 saturated carbocycles. The fourth-order valence-corrected chi connectivity index (χ4v) is 6.60. The van der Waals surface area contributed by atoms with Gasteiger partial charge in [0.05, 0.1) is 0 Å². The van der Waals surface area contributed by atoms with Gasteiger partial charge in [-0.25, -0.2) is 0 Å². The van der Waals surface area contributed by atoms with E-state index in [0.29, 0.717) is 0 Å². The third-order valence-corrected chi connectivity index (χ3v) is 9.15. The van der Waals surface area contributed by atoms with Crippen molar-refractivity contribution in [2.75, 3.05) is 0 Å². The van der Waals surface area contributed by atoms with E-state index in [1.165, 1.54) is 75.8 Å². The first kappa shape index (κ1) is 21.2. The number of thiophene rings is 3. The summed E-state index contributed by atoms with van der Waals surface area (Å²) in [4.78, 5) is 8.86. The van der Waals surface area contributed by atoms with Crippen LogP contribution < -0.4 is 0 Å². The molecule has 0 aromatic carbocycles. The molecule has 0 radical (unpaired) electrons. The molecule has 27 heavy (non-hydrogen) atoms. The average Bonchev–Trinajstić information content (AvgIpc) is 3.44. The van der Waals surface area contributed by atoms with Gasteiger partial charge < -0.3 is 0 Å². The summed E-state index contributed by atoms with van der Waals surface area (Å²) >= 11 is 10.2. The highest BCUT2D eigenvalue weighted by atomic mass is 32.1. The maximum Gasteiger partial charge on any atom is 0.0445 e. The molecule has 146 valence electrons. The van der Waals surface area contributed by atoms with Gasteiger partial charge in [0.15, 0.2) is 0 Å². The minimum absolute atomic E-state index is 0.878. The quantitative estimate of drug-likeness (QED) is 0.214. The lowest BCUT2D eigenvalue weighted by atomic mass is 10.1. The summed E-state index contributed by atoms with van der Waals surface area (Å²) in [5.41, 5.74) is 0. The van der Waals surface area contributed by atoms with Gasteiger partial charge in [0.2, 0.25) is 0 Å². The Morgan fingerprint density at radius 1 is 0.593 bits per heavy atom. The van der Waals surface area contributed by atoms with E-state index in [-0.39, 0.29) is 0 Å². The third kappa shape index (κ3) is 6.77. The Hall–Kier alpha value is -0.550. The zero-order valence-electron chi connectivity index (χ0n) is 16.2. The first-order chi connectivity index (χ1) is 13.3. The molecule has 0 aliphatic heterocycles. The van der Waals surface area contributed by atoms with Crippen molar-refractivity contribution >= 4 is 46.6 Å². The van der Waals surface area contributed by atoms with E-state index in [9.17, 15) is 0 Å². The van der Waals surface area contributed by atoms with Gasteiger partial charge in [-0.3, -0.25) is 0 Å². The molecule has 0 aliphatic rings. The summed E-state index contributed by atoms with van der Waals surface area (Å²) in [6.07, 6.45) is 11.8. The molecule has 0 saturated heterocycles. The molecule has 3 aromatic rings. The fourth-order valence-electron chi connectivity index (χ4n) is 3.29. The fraction of sp³-hybridized carbons (Fsp3) is 0.478. The van der Waals surface area contributed by atoms with E-state index >= 15 is 0 Å². The van der Waals surface area contributed by atoms with Crippen LogP contribution in [0.3, 0.4) is 0 Å². The molecule has 0 atom stereocenters. The minimum Gasteiger partial charge on any atom is -0.174 e. The predicted molar refractivity (Wildman–Crippen MR) is 129 cm³/mol. The molecule has 0 nitrogen and oxygen atoms in total. The molecule has 3 heterocycles. The Labute approximate surface area is 182 Å². The lowest BCUT2D eigenvalue weighted by Gasteiger charge is -2.01. The van der Waals surface area contributed by atoms with E-state index in [2.05, 4.69) is 56.0 Å². The van der Waals surface area contributed by atoms with Crippen molar-refractivity contribution in [1.29, 1.82) is 0 Å². The molecule has 0 spiro atoms. The van der Waals surface area contributed by atoms with Gasteiger partial charge in [0.1, 0.15) is 0 Å². The molecule has 4 heteroatoms. The van der Waals surface area contributed by atoms with Crippen LogP contribution in [0.5, 0.6) is 0 Å². The van der Waals surface area contributed by atoms with Crippen LogP contribution in [0.2, 0.25) is 0 Å². The number of aryl methyl sites for hydroxylation is 3. The summed E-state index contributed by atoms with van der Waals surface area (Å²) in [6, 6.07) is 13.7. The molecule has 0 aliphatic carbocycles. The molecule has 3 aromatic heterocycles. The Morgan fingerprint density at radius 3 is 1.63 bits per heavy atom. The van der Waals surface area contributed by atoms with Crippen molar-refractivity contribution in [2.24, 2.45) is 0 Å². The summed E-state index contributed by atoms with van der Waals surface area (Å²) in [5.74, 6) is 0.878. The SMILES string of the molecule is CCc1ccc(-c2ccc(CCCCCCCCc3ccc(CS)s3)s2)s1. The van der Waals surface area contributed by atoms with Gasteiger partial charge in [0, 0.05) is 35.0 Å². The van der Waals surface area contributed by atoms with Crippen LogP contribution in [0.1, 0.15) is 65.0 Å². The lowest BCUT2D eigenvalue weighted by molar-refractivity contribution is 0.596. The van der Waals surface area contributed by atoms with Crippen LogP contribution in [0.4, 0.5) is 0 Å². The first-order valence-electron chi connectivity index (χ1n) is 10.1. The highest BCUT2D eigenvalue weighted by Gasteiger charge is 2.06. The van der Waals surface area contributed by atoms with Crippen molar-refractivity contribution in [3.05, 3.63) is 55.9 Å². The number of hydrogen-bond acceptors (Lipinski definition) is 4. The first-order valence-corrected chi connectivity index (χ1v) is 13.2. The summed E-state index contributed by atoms with van der Waals surface area (Å²) in [6.45, 7) is 2.23. The van der Waals surface area contributed by atoms with E-state index in [1.807, 2.05) is 34.0 Å². The molecular weight excluding hydrogens is 405 g/mol. The number of thiol groups is 1. The van der Waals surface area contributed by atoms with Gasteiger partial charge in [-0.15, -0.1) is 34.0 Å². The average molecular weight is 435 g/mol. The van der Waals surface area contributed by atoms with E-state index in [1.54, 1.807) is 4.88 Å². The maximum atomic E-state index is 4.34. The molecule has 3 rings (SSSR count). The second-order valence-corrected chi connectivity index (χ2v) is 10.9. The Bertz CT molecular complexity index is 793. The summed E-state index contributed by atoms with van der Waals surface area (Å²) in [7, 11) is 0. The number of unbranched alkanes of at least 4 members (excludes halogenated alkanes) is 5. The molecule has 0 bridgehead atoms. The third-order valence-electron chi connectivity index (χ3n) is 4.88. The molecule has 0 N–H and O–H groups in total. The van der Waals surface area contributed by atoms with Crippen LogP contribution in [0, 0.1) is 0 Å². The van der Waals surface area contributed by atoms with E-state index in [4.69, 9.17) is 0 Å². The normalized spacial score (nSPS) is 11.3. The largest absolute Gasteiger partial charge is 0.174 e. The maximum absolute atomic E-state index is 4.34. The van der Waals surface area contributed by atoms with E-state index in [0.717, 1.165) is 12.2 Å². The van der Waals surface area contributed by atoms with Gasteiger partial charge in [-0.1, -0.05) is 32.6 Å². The topological polar surface area (TPSA) is 0 Å². The molecule has 0 fully saturated rings. The zero-order valence-corrected chi connectivity index (χ0v) is 19.6. The second kappa shape index (κ2) is 11.5. The summed E-state index contributed by atoms with van der Waals surface area (Å²) < 4.78 is 0. The van der Waals surface area contributed by atoms with Crippen molar-refractivity contribution in [3.63, 3.8) is 0 Å². The minimum atomic E-state index is 0.878. The molecule has 0 amide bonds. The van der Waals surface area contributed by atoms with Gasteiger partial charge in [0.25, 0.3) is 0 Å². The zero-order chi connectivity index (χ0) is 18.9. The Kier molecular flexibility index (Phi) is 8.98. The predicted octanol–water partition coefficient (Wildman–Crippen LogP) is 8.66. The van der Waals surface area contributed by atoms with Crippen molar-refractivity contribution in [1.82, 2.24) is 0 Å². The second-order valence-electron chi connectivity index (χ2n) is 7.03. The van der Waals surface area contributed by atoms with Gasteiger partial charge in [-0.2, -0.15) is 12.6 Å². The molecule has 0 unspecified atom stereocenters. The highest BCUT2D eigenvalue weighted by molar-refractivity contribution is 7.79. The monoisotopic (exact) mass is 434 g/mol. The lowest BCUT2D eigenvalue weighted by Crippen LogP contribution is -1.85. The Morgan fingerprint density at radius 2 is 1.07 bits per heavy atom. The van der Waals surface area contributed by atoms with Crippen molar-refractivity contribution in [3.8, 4) is 9.75 Å². The number of hydrogen-bond donors (Lipinski definition) is 1. The van der Waals surface area contributed by atoms with E-state index < -0.39 is 0 Å². The Balaban J connectivity index is 1.26. The van der Waals surface area contributed by atoms with Crippen LogP contribution in [-0.2, 0) is 25.0 Å². The standard InChI is InChI=1S/C23H30S4/c1-2-18-13-15-22(26-18)23-16-14-20(27-23)10-8-6-4-3-5-7-9-19-11-12-21(17-24)25-19/h11-16,24H,2-10,17H2,1H3. The van der Waals surface area contributed by atoms with Crippen LogP contribution in [0.25, 0.3) is 9.75 Å². The smallest absolute Gasteiger partial charge is 0.0445 e. The summed E-state index contributed by atoms with van der Waals surface area (Å²) in [5, 5.41) is 0.